The highest BCUT2D eigenvalue weighted by Gasteiger charge is 2.19. The summed E-state index contributed by atoms with van der Waals surface area (Å²) in [6.07, 6.45) is 0. The van der Waals surface area contributed by atoms with Crippen LogP contribution in [0.25, 0.3) is 0 Å². The van der Waals surface area contributed by atoms with Gasteiger partial charge in [-0.1, -0.05) is 6.07 Å². The van der Waals surface area contributed by atoms with Gasteiger partial charge in [0.25, 0.3) is 5.69 Å². The maximum Gasteiger partial charge on any atom is 0.270 e. The van der Waals surface area contributed by atoms with Crippen LogP contribution in [0.15, 0.2) is 23.1 Å². The average molecular weight is 279 g/mol. The van der Waals surface area contributed by atoms with Gasteiger partial charge in [-0.05, 0) is 12.5 Å². The van der Waals surface area contributed by atoms with E-state index in [0.29, 0.717) is 5.56 Å². The number of aryl methyl sites for hydroxylation is 1. The van der Waals surface area contributed by atoms with Crippen LogP contribution in [-0.2, 0) is 10.0 Å². The van der Waals surface area contributed by atoms with Crippen LogP contribution in [0.5, 0.6) is 0 Å². The van der Waals surface area contributed by atoms with Crippen LogP contribution in [0.1, 0.15) is 5.56 Å². The Labute approximate surface area is 104 Å². The molecule has 0 spiro atoms. The highest BCUT2D eigenvalue weighted by Crippen LogP contribution is 2.21. The van der Waals surface area contributed by atoms with Crippen molar-refractivity contribution in [2.45, 2.75) is 11.8 Å². The number of nitro groups is 1. The Kier molecular flexibility index (Phi) is 4.44. The van der Waals surface area contributed by atoms with Crippen LogP contribution in [0, 0.1) is 17.0 Å². The number of non-ortho nitro benzene ring substituents is 1. The molecule has 0 aromatic heterocycles. The zero-order valence-corrected chi connectivity index (χ0v) is 10.6. The highest BCUT2D eigenvalue weighted by molar-refractivity contribution is 7.89. The standard InChI is InChI=1S/C9H11ClN2O4S/c1-7-2-3-8(12(13)14)6-9(7)17(15,16)11-5-4-10/h2-3,6,11H,4-5H2,1H3. The molecule has 0 unspecified atom stereocenters. The van der Waals surface area contributed by atoms with Crippen LogP contribution < -0.4 is 4.72 Å². The summed E-state index contributed by atoms with van der Waals surface area (Å²) in [6.45, 7) is 1.64. The van der Waals surface area contributed by atoms with Crippen molar-refractivity contribution in [1.29, 1.82) is 0 Å². The molecule has 0 saturated heterocycles. The van der Waals surface area contributed by atoms with Gasteiger partial charge in [0, 0.05) is 24.6 Å². The highest BCUT2D eigenvalue weighted by atomic mass is 35.5. The van der Waals surface area contributed by atoms with Gasteiger partial charge in [0.1, 0.15) is 0 Å². The fourth-order valence-electron chi connectivity index (χ4n) is 1.24. The van der Waals surface area contributed by atoms with Crippen LogP contribution in [-0.4, -0.2) is 25.8 Å². The first kappa shape index (κ1) is 13.9. The van der Waals surface area contributed by atoms with Crippen molar-refractivity contribution in [3.63, 3.8) is 0 Å². The molecule has 1 aromatic carbocycles. The predicted octanol–water partition coefficient (Wildman–Crippen LogP) is 1.42. The van der Waals surface area contributed by atoms with E-state index in [1.165, 1.54) is 12.1 Å². The minimum atomic E-state index is -3.75. The Morgan fingerprint density at radius 3 is 2.65 bits per heavy atom. The molecule has 17 heavy (non-hydrogen) atoms. The van der Waals surface area contributed by atoms with E-state index in [-0.39, 0.29) is 23.0 Å². The van der Waals surface area contributed by atoms with Crippen molar-refractivity contribution < 1.29 is 13.3 Å². The van der Waals surface area contributed by atoms with Gasteiger partial charge in [0.2, 0.25) is 10.0 Å². The number of alkyl halides is 1. The summed E-state index contributed by atoms with van der Waals surface area (Å²) < 4.78 is 25.8. The lowest BCUT2D eigenvalue weighted by Crippen LogP contribution is -2.26. The Morgan fingerprint density at radius 1 is 1.47 bits per heavy atom. The van der Waals surface area contributed by atoms with Crippen molar-refractivity contribution in [3.8, 4) is 0 Å². The van der Waals surface area contributed by atoms with E-state index in [1.54, 1.807) is 6.92 Å². The molecule has 0 atom stereocenters. The summed E-state index contributed by atoms with van der Waals surface area (Å²) >= 11 is 5.38. The number of nitro benzene ring substituents is 1. The third-order valence-electron chi connectivity index (χ3n) is 2.06. The Morgan fingerprint density at radius 2 is 2.12 bits per heavy atom. The van der Waals surface area contributed by atoms with Gasteiger partial charge in [-0.2, -0.15) is 0 Å². The molecule has 0 bridgehead atoms. The lowest BCUT2D eigenvalue weighted by atomic mass is 10.2. The summed E-state index contributed by atoms with van der Waals surface area (Å²) in [5.41, 5.74) is 0.180. The second kappa shape index (κ2) is 5.44. The summed E-state index contributed by atoms with van der Waals surface area (Å²) in [7, 11) is -3.75. The first-order valence-electron chi connectivity index (χ1n) is 4.69. The number of nitrogens with zero attached hydrogens (tertiary/aromatic N) is 1. The van der Waals surface area contributed by atoms with Gasteiger partial charge >= 0.3 is 0 Å². The second-order valence-electron chi connectivity index (χ2n) is 3.29. The van der Waals surface area contributed by atoms with Crippen molar-refractivity contribution in [1.82, 2.24) is 4.72 Å². The molecule has 0 saturated carbocycles. The van der Waals surface area contributed by atoms with Gasteiger partial charge in [-0.25, -0.2) is 13.1 Å². The average Bonchev–Trinajstić information content (AvgIpc) is 2.26. The molecule has 94 valence electrons. The fraction of sp³-hybridized carbons (Fsp3) is 0.333. The van der Waals surface area contributed by atoms with Gasteiger partial charge in [0.05, 0.1) is 9.82 Å². The zero-order chi connectivity index (χ0) is 13.1. The van der Waals surface area contributed by atoms with E-state index in [2.05, 4.69) is 4.72 Å². The second-order valence-corrected chi connectivity index (χ2v) is 5.41. The lowest BCUT2D eigenvalue weighted by molar-refractivity contribution is -0.385. The molecular formula is C9H11ClN2O4S. The third kappa shape index (κ3) is 3.39. The van der Waals surface area contributed by atoms with E-state index in [1.807, 2.05) is 0 Å². The van der Waals surface area contributed by atoms with E-state index in [9.17, 15) is 18.5 Å². The Bertz CT molecular complexity index is 530. The number of rotatable bonds is 5. The number of nitrogens with one attached hydrogen (secondary N) is 1. The molecule has 8 heteroatoms. The largest absolute Gasteiger partial charge is 0.270 e. The van der Waals surface area contributed by atoms with E-state index >= 15 is 0 Å². The van der Waals surface area contributed by atoms with Crippen molar-refractivity contribution in [2.24, 2.45) is 0 Å². The summed E-state index contributed by atoms with van der Waals surface area (Å²) in [6, 6.07) is 3.69. The Hall–Kier alpha value is -1.18. The molecule has 6 nitrogen and oxygen atoms in total. The molecular weight excluding hydrogens is 268 g/mol. The van der Waals surface area contributed by atoms with Gasteiger partial charge in [0.15, 0.2) is 0 Å². The molecule has 0 radical (unpaired) electrons. The molecule has 0 amide bonds. The maximum atomic E-state index is 11.8. The van der Waals surface area contributed by atoms with Crippen LogP contribution in [0.2, 0.25) is 0 Å². The third-order valence-corrected chi connectivity index (χ3v) is 3.85. The van der Waals surface area contributed by atoms with Gasteiger partial charge in [-0.3, -0.25) is 10.1 Å². The van der Waals surface area contributed by atoms with Crippen LogP contribution >= 0.6 is 11.6 Å². The number of hydrogen-bond donors (Lipinski definition) is 1. The minimum Gasteiger partial charge on any atom is -0.258 e. The molecule has 0 aliphatic carbocycles. The molecule has 1 aromatic rings. The Balaban J connectivity index is 3.20. The van der Waals surface area contributed by atoms with E-state index in [0.717, 1.165) is 6.07 Å². The SMILES string of the molecule is Cc1ccc([N+](=O)[O-])cc1S(=O)(=O)NCCCl. The van der Waals surface area contributed by atoms with Crippen molar-refractivity contribution in [3.05, 3.63) is 33.9 Å². The number of benzene rings is 1. The molecule has 1 rings (SSSR count). The smallest absolute Gasteiger partial charge is 0.258 e. The van der Waals surface area contributed by atoms with Crippen molar-refractivity contribution >= 4 is 27.3 Å². The lowest BCUT2D eigenvalue weighted by Gasteiger charge is -2.07. The van der Waals surface area contributed by atoms with Crippen molar-refractivity contribution in [2.75, 3.05) is 12.4 Å². The predicted molar refractivity (Wildman–Crippen MR) is 63.7 cm³/mol. The minimum absolute atomic E-state index is 0.0754. The van der Waals surface area contributed by atoms with E-state index < -0.39 is 14.9 Å². The summed E-state index contributed by atoms with van der Waals surface area (Å²) in [5, 5.41) is 10.6. The van der Waals surface area contributed by atoms with Gasteiger partial charge in [-0.15, -0.1) is 11.6 Å². The number of halogens is 1. The number of sulfonamides is 1. The summed E-state index contributed by atoms with van der Waals surface area (Å²) in [4.78, 5) is 9.84. The maximum absolute atomic E-state index is 11.8. The zero-order valence-electron chi connectivity index (χ0n) is 9.01. The molecule has 0 aliphatic rings. The topological polar surface area (TPSA) is 89.3 Å². The summed E-state index contributed by atoms with van der Waals surface area (Å²) in [5.74, 6) is 0.132. The first-order chi connectivity index (χ1) is 7.88. The van der Waals surface area contributed by atoms with Crippen LogP contribution in [0.4, 0.5) is 5.69 Å². The molecule has 0 heterocycles. The number of hydrogen-bond acceptors (Lipinski definition) is 4. The normalized spacial score (nSPS) is 11.4. The quantitative estimate of drug-likeness (QED) is 0.501. The van der Waals surface area contributed by atoms with E-state index in [4.69, 9.17) is 11.6 Å². The monoisotopic (exact) mass is 278 g/mol. The molecule has 0 fully saturated rings. The molecule has 1 N–H and O–H groups in total. The fourth-order valence-corrected chi connectivity index (χ4v) is 2.74. The van der Waals surface area contributed by atoms with Gasteiger partial charge < -0.3 is 0 Å². The first-order valence-corrected chi connectivity index (χ1v) is 6.71. The molecule has 0 aliphatic heterocycles. The van der Waals surface area contributed by atoms with Crippen LogP contribution in [0.3, 0.4) is 0 Å².